The van der Waals surface area contributed by atoms with Gasteiger partial charge in [0.2, 0.25) is 0 Å². The molecule has 21 heavy (non-hydrogen) atoms. The van der Waals surface area contributed by atoms with Crippen molar-refractivity contribution in [1.82, 2.24) is 9.97 Å². The largest absolute Gasteiger partial charge is 0.497 e. The summed E-state index contributed by atoms with van der Waals surface area (Å²) in [5.41, 5.74) is 1.18. The molecule has 4 nitrogen and oxygen atoms in total. The van der Waals surface area contributed by atoms with Crippen LogP contribution in [0.5, 0.6) is 5.75 Å². The lowest BCUT2D eigenvalue weighted by Crippen LogP contribution is -2.18. The van der Waals surface area contributed by atoms with Crippen molar-refractivity contribution >= 4 is 17.4 Å². The Balaban J connectivity index is 2.17. The molecule has 0 atom stereocenters. The highest BCUT2D eigenvalue weighted by molar-refractivity contribution is 6.29. The molecule has 0 N–H and O–H groups in total. The fourth-order valence-corrected chi connectivity index (χ4v) is 2.15. The minimum Gasteiger partial charge on any atom is -0.497 e. The van der Waals surface area contributed by atoms with Gasteiger partial charge in [0, 0.05) is 25.6 Å². The Morgan fingerprint density at radius 2 is 1.86 bits per heavy atom. The van der Waals surface area contributed by atoms with E-state index in [4.69, 9.17) is 16.3 Å². The van der Waals surface area contributed by atoms with E-state index in [1.807, 2.05) is 31.3 Å². The molecule has 0 amide bonds. The summed E-state index contributed by atoms with van der Waals surface area (Å²) in [6.45, 7) is 4.85. The quantitative estimate of drug-likeness (QED) is 0.785. The third-order valence-corrected chi connectivity index (χ3v) is 3.38. The van der Waals surface area contributed by atoms with Crippen molar-refractivity contribution in [3.05, 3.63) is 46.9 Å². The molecule has 2 rings (SSSR count). The molecule has 0 aliphatic rings. The Hall–Kier alpha value is -1.81. The Labute approximate surface area is 130 Å². The third-order valence-electron chi connectivity index (χ3n) is 3.18. The first-order chi connectivity index (χ1) is 9.99. The molecule has 112 valence electrons. The van der Waals surface area contributed by atoms with Gasteiger partial charge in [-0.05, 0) is 17.7 Å². The number of methoxy groups -OCH3 is 1. The Morgan fingerprint density at radius 1 is 1.19 bits per heavy atom. The Morgan fingerprint density at radius 3 is 2.43 bits per heavy atom. The van der Waals surface area contributed by atoms with E-state index < -0.39 is 0 Å². The molecule has 5 heteroatoms. The van der Waals surface area contributed by atoms with Crippen LogP contribution in [0.1, 0.15) is 31.2 Å². The normalized spacial score (nSPS) is 10.8. The molecule has 0 bridgehead atoms. The van der Waals surface area contributed by atoms with Crippen molar-refractivity contribution in [3.63, 3.8) is 0 Å². The van der Waals surface area contributed by atoms with Gasteiger partial charge in [0.05, 0.1) is 7.11 Å². The summed E-state index contributed by atoms with van der Waals surface area (Å²) in [6, 6.07) is 9.78. The van der Waals surface area contributed by atoms with E-state index in [2.05, 4.69) is 28.7 Å². The van der Waals surface area contributed by atoms with Crippen LogP contribution in [0.2, 0.25) is 5.15 Å². The van der Waals surface area contributed by atoms with Gasteiger partial charge in [0.25, 0.3) is 0 Å². The average molecular weight is 306 g/mol. The highest BCUT2D eigenvalue weighted by atomic mass is 35.5. The van der Waals surface area contributed by atoms with Gasteiger partial charge < -0.3 is 9.64 Å². The zero-order valence-corrected chi connectivity index (χ0v) is 13.6. The number of halogens is 1. The van der Waals surface area contributed by atoms with Gasteiger partial charge in [0.15, 0.2) is 0 Å². The monoisotopic (exact) mass is 305 g/mol. The maximum atomic E-state index is 6.09. The zero-order valence-electron chi connectivity index (χ0n) is 12.8. The van der Waals surface area contributed by atoms with Crippen molar-refractivity contribution < 1.29 is 4.74 Å². The second-order valence-corrected chi connectivity index (χ2v) is 5.65. The van der Waals surface area contributed by atoms with Gasteiger partial charge in [0.1, 0.15) is 22.5 Å². The molecular weight excluding hydrogens is 286 g/mol. The van der Waals surface area contributed by atoms with Crippen molar-refractivity contribution in [2.45, 2.75) is 26.3 Å². The molecule has 0 saturated heterocycles. The van der Waals surface area contributed by atoms with Gasteiger partial charge in [-0.25, -0.2) is 9.97 Å². The number of ether oxygens (including phenoxy) is 1. The van der Waals surface area contributed by atoms with E-state index in [1.54, 1.807) is 13.2 Å². The van der Waals surface area contributed by atoms with Crippen LogP contribution >= 0.6 is 11.6 Å². The van der Waals surface area contributed by atoms with Crippen LogP contribution in [0.25, 0.3) is 0 Å². The van der Waals surface area contributed by atoms with E-state index >= 15 is 0 Å². The third kappa shape index (κ3) is 4.08. The van der Waals surface area contributed by atoms with Crippen LogP contribution in [0.3, 0.4) is 0 Å². The summed E-state index contributed by atoms with van der Waals surface area (Å²) in [5.74, 6) is 2.69. The van der Waals surface area contributed by atoms with E-state index in [-0.39, 0.29) is 5.92 Å². The fraction of sp³-hybridized carbons (Fsp3) is 0.375. The SMILES string of the molecule is COc1ccc(CN(C)c2cc(Cl)nc(C(C)C)n2)cc1. The molecule has 0 aliphatic heterocycles. The van der Waals surface area contributed by atoms with Crippen LogP contribution < -0.4 is 9.64 Å². The van der Waals surface area contributed by atoms with Crippen LogP contribution in [0.4, 0.5) is 5.82 Å². The van der Waals surface area contributed by atoms with Crippen LogP contribution in [0, 0.1) is 0 Å². The minimum atomic E-state index is 0.247. The number of anilines is 1. The summed E-state index contributed by atoms with van der Waals surface area (Å²) in [4.78, 5) is 10.9. The van der Waals surface area contributed by atoms with E-state index in [1.165, 1.54) is 5.56 Å². The lowest BCUT2D eigenvalue weighted by atomic mass is 10.2. The summed E-state index contributed by atoms with van der Waals surface area (Å²) in [7, 11) is 3.66. The Bertz CT molecular complexity index is 599. The van der Waals surface area contributed by atoms with Gasteiger partial charge in [-0.15, -0.1) is 0 Å². The number of benzene rings is 1. The van der Waals surface area contributed by atoms with Gasteiger partial charge in [-0.3, -0.25) is 0 Å². The Kier molecular flexibility index (Phi) is 5.02. The minimum absolute atomic E-state index is 0.247. The molecule has 0 radical (unpaired) electrons. The number of nitrogens with zero attached hydrogens (tertiary/aromatic N) is 3. The second kappa shape index (κ2) is 6.76. The van der Waals surface area contributed by atoms with Crippen molar-refractivity contribution in [1.29, 1.82) is 0 Å². The molecular formula is C16H20ClN3O. The molecule has 2 aromatic rings. The summed E-state index contributed by atoms with van der Waals surface area (Å²) >= 11 is 6.09. The maximum Gasteiger partial charge on any atom is 0.135 e. The molecule has 0 fully saturated rings. The van der Waals surface area contributed by atoms with Gasteiger partial charge >= 0.3 is 0 Å². The van der Waals surface area contributed by atoms with Crippen molar-refractivity contribution in [3.8, 4) is 5.75 Å². The smallest absolute Gasteiger partial charge is 0.135 e. The second-order valence-electron chi connectivity index (χ2n) is 5.27. The predicted molar refractivity (Wildman–Crippen MR) is 86.2 cm³/mol. The first-order valence-corrected chi connectivity index (χ1v) is 7.26. The molecule has 0 aliphatic carbocycles. The average Bonchev–Trinajstić information content (AvgIpc) is 2.47. The van der Waals surface area contributed by atoms with Crippen molar-refractivity contribution in [2.75, 3.05) is 19.1 Å². The molecule has 0 saturated carbocycles. The molecule has 0 unspecified atom stereocenters. The highest BCUT2D eigenvalue weighted by Gasteiger charge is 2.10. The fourth-order valence-electron chi connectivity index (χ4n) is 1.96. The van der Waals surface area contributed by atoms with Gasteiger partial charge in [-0.1, -0.05) is 37.6 Å². The number of rotatable bonds is 5. The highest BCUT2D eigenvalue weighted by Crippen LogP contribution is 2.21. The zero-order chi connectivity index (χ0) is 15.4. The van der Waals surface area contributed by atoms with Crippen LogP contribution in [0.15, 0.2) is 30.3 Å². The summed E-state index contributed by atoms with van der Waals surface area (Å²) < 4.78 is 5.16. The van der Waals surface area contributed by atoms with Gasteiger partial charge in [-0.2, -0.15) is 0 Å². The predicted octanol–water partition coefficient (Wildman–Crippen LogP) is 3.90. The number of hydrogen-bond donors (Lipinski definition) is 0. The summed E-state index contributed by atoms with van der Waals surface area (Å²) in [5, 5.41) is 0.477. The first-order valence-electron chi connectivity index (χ1n) is 6.88. The lowest BCUT2D eigenvalue weighted by Gasteiger charge is -2.19. The van der Waals surface area contributed by atoms with Crippen LogP contribution in [-0.4, -0.2) is 24.1 Å². The molecule has 1 heterocycles. The lowest BCUT2D eigenvalue weighted by molar-refractivity contribution is 0.414. The molecule has 0 spiro atoms. The standard InChI is InChI=1S/C16H20ClN3O/c1-11(2)16-18-14(17)9-15(19-16)20(3)10-12-5-7-13(21-4)8-6-12/h5-9,11H,10H2,1-4H3. The number of hydrogen-bond acceptors (Lipinski definition) is 4. The maximum absolute atomic E-state index is 6.09. The molecule has 1 aromatic heterocycles. The number of aromatic nitrogens is 2. The van der Waals surface area contributed by atoms with Crippen LogP contribution in [-0.2, 0) is 6.54 Å². The summed E-state index contributed by atoms with van der Waals surface area (Å²) in [6.07, 6.45) is 0. The van der Waals surface area contributed by atoms with E-state index in [0.29, 0.717) is 5.15 Å². The first kappa shape index (κ1) is 15.6. The van der Waals surface area contributed by atoms with E-state index in [9.17, 15) is 0 Å². The molecule has 1 aromatic carbocycles. The topological polar surface area (TPSA) is 38.2 Å². The van der Waals surface area contributed by atoms with E-state index in [0.717, 1.165) is 23.9 Å². The van der Waals surface area contributed by atoms with Crippen molar-refractivity contribution in [2.24, 2.45) is 0 Å².